The Morgan fingerprint density at radius 3 is 2.39 bits per heavy atom. The Hall–Kier alpha value is -3.52. The van der Waals surface area contributed by atoms with Crippen molar-refractivity contribution in [2.75, 3.05) is 39.9 Å². The van der Waals surface area contributed by atoms with E-state index in [2.05, 4.69) is 0 Å². The average molecular weight is 522 g/mol. The number of hydrogen-bond donors (Lipinski definition) is 0. The number of ketones is 1. The second-order valence-corrected chi connectivity index (χ2v) is 10.1. The average Bonchev–Trinajstić information content (AvgIpc) is 3.24. The number of Topliss-reactive ketones (excluding diaryl/α,β-unsaturated/α-hetero) is 1. The quantitative estimate of drug-likeness (QED) is 0.309. The van der Waals surface area contributed by atoms with Gasteiger partial charge in [0.25, 0.3) is 17.6 Å². The molecule has 0 bridgehead atoms. The maximum absolute atomic E-state index is 13.6. The Kier molecular flexibility index (Phi) is 8.62. The van der Waals surface area contributed by atoms with E-state index in [4.69, 9.17) is 4.74 Å². The van der Waals surface area contributed by atoms with Crippen molar-refractivity contribution in [3.8, 4) is 0 Å². The van der Waals surface area contributed by atoms with E-state index < -0.39 is 11.7 Å². The molecule has 3 aromatic rings. The largest absolute Gasteiger partial charge is 0.383 e. The molecular weight excluding hydrogens is 485 g/mol. The van der Waals surface area contributed by atoms with Crippen molar-refractivity contribution < 1.29 is 23.5 Å². The van der Waals surface area contributed by atoms with E-state index in [1.807, 2.05) is 48.6 Å². The van der Waals surface area contributed by atoms with Gasteiger partial charge in [-0.25, -0.2) is 4.39 Å². The number of nitrogens with zero attached hydrogens (tertiary/aromatic N) is 3. The Bertz CT molecular complexity index is 1320. The highest BCUT2D eigenvalue weighted by atomic mass is 19.1. The number of hydrogen-bond acceptors (Lipinski definition) is 4. The minimum atomic E-state index is -0.586. The van der Waals surface area contributed by atoms with E-state index in [-0.39, 0.29) is 11.7 Å². The minimum absolute atomic E-state index is 0.0616. The highest BCUT2D eigenvalue weighted by Crippen LogP contribution is 2.28. The normalized spacial score (nSPS) is 14.2. The number of piperidine rings is 1. The van der Waals surface area contributed by atoms with Crippen molar-refractivity contribution in [1.29, 1.82) is 0 Å². The third-order valence-electron chi connectivity index (χ3n) is 7.58. The van der Waals surface area contributed by atoms with Gasteiger partial charge in [-0.15, -0.1) is 0 Å². The summed E-state index contributed by atoms with van der Waals surface area (Å²) in [4.78, 5) is 43.1. The molecule has 8 heteroatoms. The molecule has 7 nitrogen and oxygen atoms in total. The van der Waals surface area contributed by atoms with Gasteiger partial charge < -0.3 is 19.1 Å². The van der Waals surface area contributed by atoms with Crippen LogP contribution in [0.25, 0.3) is 10.9 Å². The number of likely N-dealkylation sites (tertiary alicyclic amines) is 1. The highest BCUT2D eigenvalue weighted by molar-refractivity contribution is 6.45. The molecule has 202 valence electrons. The smallest absolute Gasteiger partial charge is 0.295 e. The Morgan fingerprint density at radius 2 is 1.76 bits per heavy atom. The van der Waals surface area contributed by atoms with E-state index in [0.717, 1.165) is 35.9 Å². The maximum Gasteiger partial charge on any atom is 0.295 e. The summed E-state index contributed by atoms with van der Waals surface area (Å²) in [5.41, 5.74) is 3.59. The lowest BCUT2D eigenvalue weighted by Gasteiger charge is -2.32. The topological polar surface area (TPSA) is 71.8 Å². The number of halogens is 1. The molecule has 0 aliphatic carbocycles. The molecule has 1 fully saturated rings. The van der Waals surface area contributed by atoms with Gasteiger partial charge in [0.15, 0.2) is 0 Å². The predicted octanol–water partition coefficient (Wildman–Crippen LogP) is 4.40. The zero-order chi connectivity index (χ0) is 27.4. The zero-order valence-corrected chi connectivity index (χ0v) is 22.6. The van der Waals surface area contributed by atoms with Crippen LogP contribution in [0.3, 0.4) is 0 Å². The second-order valence-electron chi connectivity index (χ2n) is 10.1. The molecule has 2 heterocycles. The molecule has 0 radical (unpaired) electrons. The summed E-state index contributed by atoms with van der Waals surface area (Å²) in [6.45, 7) is 6.10. The van der Waals surface area contributed by atoms with Crippen LogP contribution < -0.4 is 0 Å². The van der Waals surface area contributed by atoms with E-state index in [1.165, 1.54) is 17.0 Å². The minimum Gasteiger partial charge on any atom is -0.383 e. The first kappa shape index (κ1) is 27.5. The maximum atomic E-state index is 13.6. The lowest BCUT2D eigenvalue weighted by molar-refractivity contribution is -0.126. The van der Waals surface area contributed by atoms with Gasteiger partial charge in [-0.2, -0.15) is 0 Å². The van der Waals surface area contributed by atoms with Gasteiger partial charge in [-0.1, -0.05) is 12.1 Å². The van der Waals surface area contributed by atoms with E-state index in [9.17, 15) is 18.8 Å². The van der Waals surface area contributed by atoms with Crippen LogP contribution >= 0.6 is 0 Å². The van der Waals surface area contributed by atoms with Gasteiger partial charge in [0.05, 0.1) is 12.2 Å². The van der Waals surface area contributed by atoms with Crippen molar-refractivity contribution in [1.82, 2.24) is 14.4 Å². The van der Waals surface area contributed by atoms with Crippen molar-refractivity contribution in [2.45, 2.75) is 33.1 Å². The molecule has 38 heavy (non-hydrogen) atoms. The Morgan fingerprint density at radius 1 is 1.08 bits per heavy atom. The molecular formula is C30H36FN3O4. The summed E-state index contributed by atoms with van der Waals surface area (Å²) in [7, 11) is 3.39. The monoisotopic (exact) mass is 521 g/mol. The molecule has 1 aliphatic rings. The van der Waals surface area contributed by atoms with Gasteiger partial charge in [0.2, 0.25) is 0 Å². The fourth-order valence-corrected chi connectivity index (χ4v) is 5.27. The summed E-state index contributed by atoms with van der Waals surface area (Å²) in [5, 5.41) is 0.605. The molecule has 0 spiro atoms. The van der Waals surface area contributed by atoms with Gasteiger partial charge >= 0.3 is 0 Å². The second kappa shape index (κ2) is 11.9. The van der Waals surface area contributed by atoms with Gasteiger partial charge in [0, 0.05) is 63.0 Å². The molecule has 1 saturated heterocycles. The predicted molar refractivity (Wildman–Crippen MR) is 145 cm³/mol. The van der Waals surface area contributed by atoms with E-state index in [0.29, 0.717) is 55.2 Å². The molecule has 0 unspecified atom stereocenters. The highest BCUT2D eigenvalue weighted by Gasteiger charge is 2.28. The van der Waals surface area contributed by atoms with Crippen LogP contribution in [0.15, 0.2) is 42.6 Å². The molecule has 1 aliphatic heterocycles. The number of ether oxygens (including phenoxy) is 1. The van der Waals surface area contributed by atoms with Crippen LogP contribution in [0.2, 0.25) is 0 Å². The van der Waals surface area contributed by atoms with Crippen LogP contribution in [0.5, 0.6) is 0 Å². The summed E-state index contributed by atoms with van der Waals surface area (Å²) in [6.07, 6.45) is 4.30. The summed E-state index contributed by atoms with van der Waals surface area (Å²) >= 11 is 0. The fraction of sp³-hybridized carbons (Fsp3) is 0.433. The van der Waals surface area contributed by atoms with Crippen molar-refractivity contribution in [3.05, 3.63) is 70.7 Å². The van der Waals surface area contributed by atoms with Gasteiger partial charge in [-0.3, -0.25) is 14.4 Å². The summed E-state index contributed by atoms with van der Waals surface area (Å²) in [6, 6.07) is 10.3. The SMILES string of the molecule is CCN(CCOC)C(=O)C(=O)c1cn(C)c2cc(C)c(C(=O)N3CCC(Cc4ccc(F)cc4)CC3)cc12. The van der Waals surface area contributed by atoms with Gasteiger partial charge in [-0.05, 0) is 74.4 Å². The van der Waals surface area contributed by atoms with Crippen LogP contribution in [0, 0.1) is 18.7 Å². The van der Waals surface area contributed by atoms with Crippen molar-refractivity contribution in [2.24, 2.45) is 13.0 Å². The molecule has 2 amide bonds. The zero-order valence-electron chi connectivity index (χ0n) is 22.6. The lowest BCUT2D eigenvalue weighted by atomic mass is 9.89. The van der Waals surface area contributed by atoms with Crippen molar-refractivity contribution >= 4 is 28.5 Å². The van der Waals surface area contributed by atoms with Crippen molar-refractivity contribution in [3.63, 3.8) is 0 Å². The number of rotatable bonds is 9. The van der Waals surface area contributed by atoms with E-state index >= 15 is 0 Å². The standard InChI is InChI=1S/C30H36FN3O4/c1-5-33(14-15-38-4)30(37)28(35)26-19-32(3)27-16-20(2)24(18-25(26)27)29(36)34-12-10-22(11-13-34)17-21-6-8-23(31)9-7-21/h6-9,16,18-19,22H,5,10-15,17H2,1-4H3. The van der Waals surface area contributed by atoms with E-state index in [1.54, 1.807) is 19.4 Å². The van der Waals surface area contributed by atoms with Crippen LogP contribution in [-0.2, 0) is 23.0 Å². The number of amides is 2. The van der Waals surface area contributed by atoms with Crippen LogP contribution in [-0.4, -0.2) is 71.9 Å². The first-order valence-electron chi connectivity index (χ1n) is 13.2. The Balaban J connectivity index is 1.52. The number of carbonyl (C=O) groups excluding carboxylic acids is 3. The molecule has 4 rings (SSSR count). The summed E-state index contributed by atoms with van der Waals surface area (Å²) in [5.74, 6) is -1.01. The molecule has 0 N–H and O–H groups in total. The first-order valence-corrected chi connectivity index (χ1v) is 13.2. The first-order chi connectivity index (χ1) is 18.2. The number of methoxy groups -OCH3 is 1. The third kappa shape index (κ3) is 5.80. The lowest BCUT2D eigenvalue weighted by Crippen LogP contribution is -2.39. The number of fused-ring (bicyclic) bond motifs is 1. The number of aromatic nitrogens is 1. The third-order valence-corrected chi connectivity index (χ3v) is 7.58. The number of carbonyl (C=O) groups is 3. The number of likely N-dealkylation sites (N-methyl/N-ethyl adjacent to an activating group) is 1. The van der Waals surface area contributed by atoms with Crippen LogP contribution in [0.1, 0.15) is 51.6 Å². The number of aryl methyl sites for hydroxylation is 2. The number of benzene rings is 2. The van der Waals surface area contributed by atoms with Crippen LogP contribution in [0.4, 0.5) is 4.39 Å². The van der Waals surface area contributed by atoms with Gasteiger partial charge in [0.1, 0.15) is 5.82 Å². The Labute approximate surface area is 223 Å². The summed E-state index contributed by atoms with van der Waals surface area (Å²) < 4.78 is 20.1. The molecule has 2 aromatic carbocycles. The molecule has 0 saturated carbocycles. The molecule has 1 aromatic heterocycles. The fourth-order valence-electron chi connectivity index (χ4n) is 5.27. The molecule has 0 atom stereocenters.